The largest absolute Gasteiger partial charge is 0.310 e. The van der Waals surface area contributed by atoms with Crippen molar-refractivity contribution in [2.75, 3.05) is 9.80 Å². The van der Waals surface area contributed by atoms with E-state index in [1.807, 2.05) is 12.1 Å². The summed E-state index contributed by atoms with van der Waals surface area (Å²) in [6.45, 7) is 0. The van der Waals surface area contributed by atoms with E-state index >= 15 is 0 Å². The number of rotatable bonds is 12. The van der Waals surface area contributed by atoms with E-state index in [4.69, 9.17) is 18.7 Å². The van der Waals surface area contributed by atoms with Crippen LogP contribution in [0.15, 0.2) is 340 Å². The van der Waals surface area contributed by atoms with Crippen LogP contribution >= 0.6 is 11.7 Å². The molecular formula is C88H56N8S. The smallest absolute Gasteiger partial charge is 0.115 e. The third kappa shape index (κ3) is 9.42. The van der Waals surface area contributed by atoms with Gasteiger partial charge in [0.2, 0.25) is 0 Å². The molecule has 19 rings (SSSR count). The second kappa shape index (κ2) is 23.0. The molecule has 9 heteroatoms. The van der Waals surface area contributed by atoms with E-state index in [2.05, 4.69) is 347 Å². The number of para-hydroxylation sites is 4. The fourth-order valence-corrected chi connectivity index (χ4v) is 15.2. The molecule has 0 radical (unpaired) electrons. The molecule has 0 unspecified atom stereocenters. The van der Waals surface area contributed by atoms with Crippen molar-refractivity contribution in [1.82, 2.24) is 27.8 Å². The van der Waals surface area contributed by atoms with Gasteiger partial charge in [0, 0.05) is 89.3 Å². The van der Waals surface area contributed by atoms with E-state index in [0.29, 0.717) is 0 Å². The maximum atomic E-state index is 5.84. The molecule has 0 saturated carbocycles. The summed E-state index contributed by atoms with van der Waals surface area (Å²) in [5, 5.41) is 9.41. The minimum atomic E-state index is 0.734. The average molecular weight is 1260 g/mol. The summed E-state index contributed by atoms with van der Waals surface area (Å²) < 4.78 is 15.2. The molecule has 0 amide bonds. The Morgan fingerprint density at radius 3 is 0.990 bits per heavy atom. The van der Waals surface area contributed by atoms with E-state index in [1.54, 1.807) is 0 Å². The van der Waals surface area contributed by atoms with Crippen LogP contribution in [0, 0.1) is 0 Å². The predicted octanol–water partition coefficient (Wildman–Crippen LogP) is 23.7. The van der Waals surface area contributed by atoms with E-state index in [9.17, 15) is 0 Å². The number of aromatic nitrogens is 6. The predicted molar refractivity (Wildman–Crippen MR) is 405 cm³/mol. The van der Waals surface area contributed by atoms with Gasteiger partial charge in [-0.25, -0.2) is 9.97 Å². The summed E-state index contributed by atoms with van der Waals surface area (Å²) >= 11 is 1.22. The molecule has 0 bridgehead atoms. The first-order chi connectivity index (χ1) is 48.1. The van der Waals surface area contributed by atoms with Gasteiger partial charge in [0.25, 0.3) is 0 Å². The Balaban J connectivity index is 0.790. The van der Waals surface area contributed by atoms with Crippen molar-refractivity contribution < 1.29 is 0 Å². The van der Waals surface area contributed by atoms with Crippen LogP contribution in [0.25, 0.3) is 143 Å². The molecule has 15 aromatic carbocycles. The topological polar surface area (TPSA) is 67.9 Å². The normalized spacial score (nSPS) is 11.7. The first kappa shape index (κ1) is 55.8. The summed E-state index contributed by atoms with van der Waals surface area (Å²) in [7, 11) is 0. The number of nitrogens with zero attached hydrogens (tertiary/aromatic N) is 8. The van der Waals surface area contributed by atoms with Crippen molar-refractivity contribution in [2.24, 2.45) is 0 Å². The Kier molecular flexibility index (Phi) is 13.2. The Morgan fingerprint density at radius 2 is 0.567 bits per heavy atom. The molecule has 4 heterocycles. The molecule has 0 saturated heterocycles. The van der Waals surface area contributed by atoms with Gasteiger partial charge < -0.3 is 18.9 Å². The molecular weight excluding hydrogens is 1200 g/mol. The summed E-state index contributed by atoms with van der Waals surface area (Å²) in [6, 6.07) is 122. The summed E-state index contributed by atoms with van der Waals surface area (Å²) in [6.07, 6.45) is 0. The molecule has 0 spiro atoms. The van der Waals surface area contributed by atoms with Crippen molar-refractivity contribution in [3.63, 3.8) is 0 Å². The number of benzene rings is 15. The highest BCUT2D eigenvalue weighted by molar-refractivity contribution is 7.00. The molecule has 0 aliphatic rings. The Labute approximate surface area is 563 Å². The van der Waals surface area contributed by atoms with Crippen LogP contribution in [0.2, 0.25) is 0 Å². The number of anilines is 6. The summed E-state index contributed by atoms with van der Waals surface area (Å²) in [5.41, 5.74) is 23.1. The molecule has 19 aromatic rings. The van der Waals surface area contributed by atoms with Crippen molar-refractivity contribution in [3.05, 3.63) is 340 Å². The molecule has 4 aromatic heterocycles. The van der Waals surface area contributed by atoms with Crippen molar-refractivity contribution in [3.8, 4) is 56.1 Å². The third-order valence-electron chi connectivity index (χ3n) is 19.1. The lowest BCUT2D eigenvalue weighted by Gasteiger charge is -2.26. The van der Waals surface area contributed by atoms with Gasteiger partial charge in [-0.2, -0.15) is 8.75 Å². The van der Waals surface area contributed by atoms with Crippen LogP contribution in [0.3, 0.4) is 0 Å². The van der Waals surface area contributed by atoms with Gasteiger partial charge in [-0.3, -0.25) is 0 Å². The van der Waals surface area contributed by atoms with Crippen LogP contribution in [0.4, 0.5) is 34.1 Å². The highest BCUT2D eigenvalue weighted by Crippen LogP contribution is 2.48. The fourth-order valence-electron chi connectivity index (χ4n) is 14.7. The molecule has 454 valence electrons. The molecule has 0 aliphatic carbocycles. The van der Waals surface area contributed by atoms with E-state index < -0.39 is 0 Å². The Morgan fingerprint density at radius 1 is 0.237 bits per heavy atom. The standard InChI is InChI=1S/C88H56N8S/c1-5-23-61(24-6-1)83-84(62-25-7-2-8-26-62)90-86-82(60-41-45-68(46-42-60)94(70-48-38-58-22-14-16-28-64(58)54-70)72-50-52-80-76(56-72)74-34-18-20-36-78(74)96(80)66-31-11-4-12-32-66)88-87(91-97-92-88)81(85(86)89-83)59-39-43-67(44-40-59)93(69-47-37-57-21-13-15-27-63(57)53-69)71-49-51-79-75(55-71)73-33-17-19-35-77(73)95(79)65-29-9-3-10-30-65/h1-56H. The van der Waals surface area contributed by atoms with Crippen LogP contribution in [0.5, 0.6) is 0 Å². The van der Waals surface area contributed by atoms with Gasteiger partial charge in [0.15, 0.2) is 0 Å². The lowest BCUT2D eigenvalue weighted by Crippen LogP contribution is -2.10. The van der Waals surface area contributed by atoms with Gasteiger partial charge in [0.1, 0.15) is 22.1 Å². The first-order valence-corrected chi connectivity index (χ1v) is 33.4. The minimum absolute atomic E-state index is 0.734. The van der Waals surface area contributed by atoms with E-state index in [0.717, 1.165) is 145 Å². The zero-order chi connectivity index (χ0) is 63.9. The summed E-state index contributed by atoms with van der Waals surface area (Å²) in [5.74, 6) is 0. The number of hydrogen-bond donors (Lipinski definition) is 0. The van der Waals surface area contributed by atoms with Crippen LogP contribution < -0.4 is 9.80 Å². The number of fused-ring (bicyclic) bond motifs is 10. The Hall–Kier alpha value is -12.8. The minimum Gasteiger partial charge on any atom is -0.310 e. The first-order valence-electron chi connectivity index (χ1n) is 32.7. The molecule has 0 atom stereocenters. The average Bonchev–Trinajstić information content (AvgIpc) is 1.58. The van der Waals surface area contributed by atoms with Crippen LogP contribution in [-0.4, -0.2) is 27.8 Å². The van der Waals surface area contributed by atoms with Crippen molar-refractivity contribution >= 4 is 133 Å². The van der Waals surface area contributed by atoms with Crippen molar-refractivity contribution in [2.45, 2.75) is 0 Å². The van der Waals surface area contributed by atoms with Gasteiger partial charge in [-0.05, 0) is 154 Å². The van der Waals surface area contributed by atoms with Crippen LogP contribution in [0.1, 0.15) is 0 Å². The van der Waals surface area contributed by atoms with Crippen LogP contribution in [-0.2, 0) is 0 Å². The molecule has 0 aliphatic heterocycles. The Bertz CT molecular complexity index is 5860. The van der Waals surface area contributed by atoms with Gasteiger partial charge >= 0.3 is 0 Å². The summed E-state index contributed by atoms with van der Waals surface area (Å²) in [4.78, 5) is 16.4. The highest BCUT2D eigenvalue weighted by Gasteiger charge is 2.27. The highest BCUT2D eigenvalue weighted by atomic mass is 32.1. The van der Waals surface area contributed by atoms with Gasteiger partial charge in [-0.1, -0.05) is 218 Å². The number of hydrogen-bond acceptors (Lipinski definition) is 7. The molecule has 97 heavy (non-hydrogen) atoms. The maximum absolute atomic E-state index is 5.84. The maximum Gasteiger partial charge on any atom is 0.115 e. The SMILES string of the molecule is c1ccc(-c2nc3c(-c4ccc(N(c5ccc6ccccc6c5)c5ccc6c(c5)c5ccccc5n6-c5ccccc5)cc4)c4nsnc4c(-c4ccc(N(c5ccc6ccccc6c5)c5ccc6c(c5)c5ccccc5n6-c5ccccc5)cc4)c3nc2-c2ccccc2)cc1. The quantitative estimate of drug-likeness (QED) is 0.121. The monoisotopic (exact) mass is 1260 g/mol. The zero-order valence-corrected chi connectivity index (χ0v) is 53.1. The second-order valence-electron chi connectivity index (χ2n) is 24.7. The van der Waals surface area contributed by atoms with Crippen molar-refractivity contribution in [1.29, 1.82) is 0 Å². The lowest BCUT2D eigenvalue weighted by atomic mass is 9.93. The fraction of sp³-hybridized carbons (Fsp3) is 0. The zero-order valence-electron chi connectivity index (χ0n) is 52.3. The van der Waals surface area contributed by atoms with E-state index in [-0.39, 0.29) is 0 Å². The molecule has 0 fully saturated rings. The molecule has 8 nitrogen and oxygen atoms in total. The molecule has 0 N–H and O–H groups in total. The van der Waals surface area contributed by atoms with E-state index in [1.165, 1.54) is 44.0 Å². The lowest BCUT2D eigenvalue weighted by molar-refractivity contribution is 1.18. The van der Waals surface area contributed by atoms with Gasteiger partial charge in [0.05, 0.1) is 45.2 Å². The second-order valence-corrected chi connectivity index (χ2v) is 25.2. The van der Waals surface area contributed by atoms with Gasteiger partial charge in [-0.15, -0.1) is 0 Å². The third-order valence-corrected chi connectivity index (χ3v) is 19.6.